The van der Waals surface area contributed by atoms with Crippen molar-refractivity contribution in [3.8, 4) is 0 Å². The lowest BCUT2D eigenvalue weighted by atomic mass is 9.70. The third kappa shape index (κ3) is 2.75. The molecule has 0 saturated heterocycles. The molecule has 2 aromatic carbocycles. The second-order valence-electron chi connectivity index (χ2n) is 6.13. The van der Waals surface area contributed by atoms with E-state index in [2.05, 4.69) is 72.9 Å². The minimum absolute atomic E-state index is 0.249. The number of benzene rings is 2. The summed E-state index contributed by atoms with van der Waals surface area (Å²) in [6, 6.07) is 22.5. The van der Waals surface area contributed by atoms with Gasteiger partial charge in [-0.25, -0.2) is 0 Å². The summed E-state index contributed by atoms with van der Waals surface area (Å²) in [5, 5.41) is 3.78. The van der Waals surface area contributed by atoms with Gasteiger partial charge in [0, 0.05) is 11.5 Å². The summed E-state index contributed by atoms with van der Waals surface area (Å²) in [6.07, 6.45) is 5.24. The number of nitrogens with one attached hydrogen (secondary N) is 1. The molecule has 1 N–H and O–H groups in total. The second kappa shape index (κ2) is 6.44. The summed E-state index contributed by atoms with van der Waals surface area (Å²) >= 11 is 0. The fourth-order valence-electron chi connectivity index (χ4n) is 4.00. The Morgan fingerprint density at radius 1 is 0.905 bits per heavy atom. The van der Waals surface area contributed by atoms with Crippen LogP contribution < -0.4 is 5.32 Å². The van der Waals surface area contributed by atoms with Gasteiger partial charge in [-0.3, -0.25) is 0 Å². The van der Waals surface area contributed by atoms with Crippen molar-refractivity contribution in [1.29, 1.82) is 0 Å². The molecule has 0 aromatic heterocycles. The fourth-order valence-corrected chi connectivity index (χ4v) is 4.00. The van der Waals surface area contributed by atoms with E-state index in [1.807, 2.05) is 0 Å². The zero-order valence-corrected chi connectivity index (χ0v) is 12.9. The smallest absolute Gasteiger partial charge is 0.0418 e. The maximum atomic E-state index is 3.78. The van der Waals surface area contributed by atoms with Crippen LogP contribution in [0.25, 0.3) is 0 Å². The SMILES string of the molecule is CCNC(c1ccccc1)C1(c2ccccc2)CCCC1. The molecule has 1 heteroatoms. The van der Waals surface area contributed by atoms with E-state index in [9.17, 15) is 0 Å². The summed E-state index contributed by atoms with van der Waals surface area (Å²) in [5.74, 6) is 0. The van der Waals surface area contributed by atoms with Crippen molar-refractivity contribution in [2.45, 2.75) is 44.1 Å². The Bertz CT molecular complexity index is 541. The lowest BCUT2D eigenvalue weighted by molar-refractivity contribution is 0.305. The molecule has 1 saturated carbocycles. The van der Waals surface area contributed by atoms with Gasteiger partial charge in [-0.2, -0.15) is 0 Å². The second-order valence-corrected chi connectivity index (χ2v) is 6.13. The van der Waals surface area contributed by atoms with Crippen molar-refractivity contribution in [3.63, 3.8) is 0 Å². The normalized spacial score (nSPS) is 18.5. The molecule has 0 heterocycles. The first-order valence-corrected chi connectivity index (χ1v) is 8.21. The van der Waals surface area contributed by atoms with E-state index in [1.54, 1.807) is 0 Å². The number of rotatable bonds is 5. The topological polar surface area (TPSA) is 12.0 Å². The van der Waals surface area contributed by atoms with Crippen molar-refractivity contribution < 1.29 is 0 Å². The molecule has 0 aliphatic heterocycles. The molecular formula is C20H25N. The van der Waals surface area contributed by atoms with E-state index in [-0.39, 0.29) is 5.41 Å². The standard InChI is InChI=1S/C20H25N/c1-2-21-19(17-11-5-3-6-12-17)20(15-9-10-16-20)18-13-7-4-8-14-18/h3-8,11-14,19,21H,2,9-10,15-16H2,1H3. The van der Waals surface area contributed by atoms with Crippen molar-refractivity contribution in [3.05, 3.63) is 71.8 Å². The van der Waals surface area contributed by atoms with E-state index in [1.165, 1.54) is 36.8 Å². The highest BCUT2D eigenvalue weighted by molar-refractivity contribution is 5.34. The van der Waals surface area contributed by atoms with E-state index in [0.717, 1.165) is 6.54 Å². The van der Waals surface area contributed by atoms with Gasteiger partial charge in [-0.05, 0) is 30.5 Å². The summed E-state index contributed by atoms with van der Waals surface area (Å²) in [4.78, 5) is 0. The number of hydrogen-bond acceptors (Lipinski definition) is 1. The molecule has 0 radical (unpaired) electrons. The minimum Gasteiger partial charge on any atom is -0.309 e. The summed E-state index contributed by atoms with van der Waals surface area (Å²) < 4.78 is 0. The largest absolute Gasteiger partial charge is 0.309 e. The molecule has 2 aromatic rings. The van der Waals surface area contributed by atoms with Crippen molar-refractivity contribution >= 4 is 0 Å². The first-order chi connectivity index (χ1) is 10.4. The monoisotopic (exact) mass is 279 g/mol. The molecule has 1 fully saturated rings. The zero-order chi connectivity index (χ0) is 14.5. The lowest BCUT2D eigenvalue weighted by Crippen LogP contribution is -2.40. The highest BCUT2D eigenvalue weighted by Crippen LogP contribution is 2.49. The van der Waals surface area contributed by atoms with E-state index < -0.39 is 0 Å². The van der Waals surface area contributed by atoms with Crippen LogP contribution in [0.2, 0.25) is 0 Å². The van der Waals surface area contributed by atoms with Gasteiger partial charge in [-0.1, -0.05) is 80.4 Å². The molecule has 0 amide bonds. The van der Waals surface area contributed by atoms with Crippen LogP contribution in [0.15, 0.2) is 60.7 Å². The summed E-state index contributed by atoms with van der Waals surface area (Å²) in [7, 11) is 0. The van der Waals surface area contributed by atoms with Crippen LogP contribution in [0.4, 0.5) is 0 Å². The van der Waals surface area contributed by atoms with Crippen molar-refractivity contribution in [2.75, 3.05) is 6.54 Å². The van der Waals surface area contributed by atoms with Crippen LogP contribution in [0.1, 0.15) is 49.8 Å². The van der Waals surface area contributed by atoms with Gasteiger partial charge in [-0.15, -0.1) is 0 Å². The van der Waals surface area contributed by atoms with Crippen LogP contribution >= 0.6 is 0 Å². The number of likely N-dealkylation sites (N-methyl/N-ethyl adjacent to an activating group) is 1. The van der Waals surface area contributed by atoms with Crippen LogP contribution in [0.5, 0.6) is 0 Å². The van der Waals surface area contributed by atoms with E-state index >= 15 is 0 Å². The van der Waals surface area contributed by atoms with Crippen LogP contribution in [0, 0.1) is 0 Å². The first kappa shape index (κ1) is 14.3. The molecule has 21 heavy (non-hydrogen) atoms. The average Bonchev–Trinajstić information content (AvgIpc) is 3.05. The molecule has 110 valence electrons. The Morgan fingerprint density at radius 2 is 1.48 bits per heavy atom. The van der Waals surface area contributed by atoms with E-state index in [4.69, 9.17) is 0 Å². The van der Waals surface area contributed by atoms with Gasteiger partial charge < -0.3 is 5.32 Å². The summed E-state index contributed by atoms with van der Waals surface area (Å²) in [6.45, 7) is 3.22. The third-order valence-corrected chi connectivity index (χ3v) is 4.94. The Morgan fingerprint density at radius 3 is 2.05 bits per heavy atom. The maximum Gasteiger partial charge on any atom is 0.0418 e. The quantitative estimate of drug-likeness (QED) is 0.825. The van der Waals surface area contributed by atoms with Gasteiger partial charge in [0.05, 0.1) is 0 Å². The summed E-state index contributed by atoms with van der Waals surface area (Å²) in [5.41, 5.74) is 3.17. The Hall–Kier alpha value is -1.60. The predicted octanol–water partition coefficient (Wildman–Crippen LogP) is 4.85. The number of hydrogen-bond donors (Lipinski definition) is 1. The van der Waals surface area contributed by atoms with Crippen molar-refractivity contribution in [2.24, 2.45) is 0 Å². The minimum atomic E-state index is 0.249. The average molecular weight is 279 g/mol. The Balaban J connectivity index is 2.05. The van der Waals surface area contributed by atoms with Crippen LogP contribution in [0.3, 0.4) is 0 Å². The van der Waals surface area contributed by atoms with Gasteiger partial charge >= 0.3 is 0 Å². The Labute approximate surface area is 128 Å². The molecule has 3 rings (SSSR count). The predicted molar refractivity (Wildman–Crippen MR) is 89.4 cm³/mol. The molecule has 1 aliphatic rings. The highest BCUT2D eigenvalue weighted by atomic mass is 14.9. The molecular weight excluding hydrogens is 254 g/mol. The molecule has 1 unspecified atom stereocenters. The van der Waals surface area contributed by atoms with Crippen LogP contribution in [-0.2, 0) is 5.41 Å². The third-order valence-electron chi connectivity index (χ3n) is 4.94. The fraction of sp³-hybridized carbons (Fsp3) is 0.400. The Kier molecular flexibility index (Phi) is 4.40. The zero-order valence-electron chi connectivity index (χ0n) is 12.9. The van der Waals surface area contributed by atoms with Gasteiger partial charge in [0.15, 0.2) is 0 Å². The highest BCUT2D eigenvalue weighted by Gasteiger charge is 2.42. The molecule has 1 atom stereocenters. The van der Waals surface area contributed by atoms with Gasteiger partial charge in [0.2, 0.25) is 0 Å². The molecule has 1 nitrogen and oxygen atoms in total. The lowest BCUT2D eigenvalue weighted by Gasteiger charge is -2.39. The molecule has 0 bridgehead atoms. The van der Waals surface area contributed by atoms with Gasteiger partial charge in [0.25, 0.3) is 0 Å². The maximum absolute atomic E-state index is 3.78. The van der Waals surface area contributed by atoms with E-state index in [0.29, 0.717) is 6.04 Å². The van der Waals surface area contributed by atoms with Gasteiger partial charge in [0.1, 0.15) is 0 Å². The van der Waals surface area contributed by atoms with Crippen LogP contribution in [-0.4, -0.2) is 6.54 Å². The molecule has 0 spiro atoms. The molecule has 1 aliphatic carbocycles. The van der Waals surface area contributed by atoms with Crippen molar-refractivity contribution in [1.82, 2.24) is 5.32 Å². The first-order valence-electron chi connectivity index (χ1n) is 8.21.